The van der Waals surface area contributed by atoms with Gasteiger partial charge in [0.05, 0.1) is 11.4 Å². The molecule has 4 nitrogen and oxygen atoms in total. The topological polar surface area (TPSA) is 46.6 Å². The van der Waals surface area contributed by atoms with E-state index in [9.17, 15) is 9.59 Å². The van der Waals surface area contributed by atoms with Crippen molar-refractivity contribution < 1.29 is 14.3 Å². The lowest BCUT2D eigenvalue weighted by molar-refractivity contribution is 0.0695. The van der Waals surface area contributed by atoms with Crippen molar-refractivity contribution in [3.63, 3.8) is 0 Å². The van der Waals surface area contributed by atoms with Crippen molar-refractivity contribution in [2.75, 3.05) is 4.90 Å². The van der Waals surface area contributed by atoms with Gasteiger partial charge in [-0.15, -0.1) is 0 Å². The molecule has 3 aromatic rings. The quantitative estimate of drug-likeness (QED) is 0.473. The molecule has 0 N–H and O–H groups in total. The number of halogens is 1. The van der Waals surface area contributed by atoms with Gasteiger partial charge in [-0.25, -0.2) is 9.69 Å². The van der Waals surface area contributed by atoms with Crippen molar-refractivity contribution in [2.45, 2.75) is 13.0 Å². The first-order chi connectivity index (χ1) is 13.1. The van der Waals surface area contributed by atoms with Crippen molar-refractivity contribution in [3.8, 4) is 0 Å². The van der Waals surface area contributed by atoms with Crippen LogP contribution in [0.3, 0.4) is 0 Å². The summed E-state index contributed by atoms with van der Waals surface area (Å²) >= 11 is 3.34. The molecule has 0 heterocycles. The Bertz CT molecular complexity index is 872. The van der Waals surface area contributed by atoms with E-state index >= 15 is 0 Å². The zero-order valence-corrected chi connectivity index (χ0v) is 16.3. The van der Waals surface area contributed by atoms with Gasteiger partial charge >= 0.3 is 6.09 Å². The molecular formula is C22H18BrNO3. The Labute approximate surface area is 166 Å². The van der Waals surface area contributed by atoms with E-state index in [0.29, 0.717) is 16.9 Å². The monoisotopic (exact) mass is 423 g/mol. The molecule has 0 aliphatic heterocycles. The first kappa shape index (κ1) is 18.9. The number of ketones is 1. The maximum Gasteiger partial charge on any atom is 0.419 e. The fraction of sp³-hybridized carbons (Fsp3) is 0.0909. The summed E-state index contributed by atoms with van der Waals surface area (Å²) in [5.74, 6) is -0.253. The smallest absolute Gasteiger partial charge is 0.419 e. The molecule has 1 unspecified atom stereocenters. The summed E-state index contributed by atoms with van der Waals surface area (Å²) in [6, 6.07) is 25.3. The minimum absolute atomic E-state index is 0.253. The molecule has 5 heteroatoms. The third kappa shape index (κ3) is 4.63. The third-order valence-corrected chi connectivity index (χ3v) is 4.52. The molecule has 0 saturated heterocycles. The van der Waals surface area contributed by atoms with Crippen molar-refractivity contribution in [2.24, 2.45) is 0 Å². The van der Waals surface area contributed by atoms with E-state index in [1.165, 1.54) is 4.90 Å². The van der Waals surface area contributed by atoms with E-state index in [4.69, 9.17) is 4.74 Å². The lowest BCUT2D eigenvalue weighted by Gasteiger charge is -2.24. The van der Waals surface area contributed by atoms with Crippen LogP contribution in [-0.4, -0.2) is 18.0 Å². The molecule has 0 aliphatic carbocycles. The van der Waals surface area contributed by atoms with Crippen LogP contribution in [0.15, 0.2) is 89.4 Å². The van der Waals surface area contributed by atoms with E-state index in [1.54, 1.807) is 31.2 Å². The molecule has 0 radical (unpaired) electrons. The second kappa shape index (κ2) is 8.64. The number of Topliss-reactive ketones (excluding diaryl/α,β-unsaturated/α-hetero) is 1. The molecule has 0 fully saturated rings. The molecule has 0 aromatic heterocycles. The number of hydrogen-bond acceptors (Lipinski definition) is 3. The highest BCUT2D eigenvalue weighted by atomic mass is 79.9. The molecule has 0 aliphatic rings. The van der Waals surface area contributed by atoms with Crippen LogP contribution in [0.5, 0.6) is 0 Å². The van der Waals surface area contributed by atoms with Gasteiger partial charge < -0.3 is 4.74 Å². The number of para-hydroxylation sites is 2. The second-order valence-electron chi connectivity index (χ2n) is 5.90. The van der Waals surface area contributed by atoms with Crippen LogP contribution in [0.4, 0.5) is 16.2 Å². The van der Waals surface area contributed by atoms with E-state index in [2.05, 4.69) is 15.9 Å². The van der Waals surface area contributed by atoms with Gasteiger partial charge in [-0.2, -0.15) is 0 Å². The average Bonchev–Trinajstić information content (AvgIpc) is 2.70. The minimum atomic E-state index is -0.909. The third-order valence-electron chi connectivity index (χ3n) is 3.99. The molecule has 136 valence electrons. The number of rotatable bonds is 5. The predicted molar refractivity (Wildman–Crippen MR) is 109 cm³/mol. The van der Waals surface area contributed by atoms with Crippen molar-refractivity contribution in [1.29, 1.82) is 0 Å². The fourth-order valence-electron chi connectivity index (χ4n) is 2.62. The van der Waals surface area contributed by atoms with Gasteiger partial charge in [0.25, 0.3) is 0 Å². The van der Waals surface area contributed by atoms with E-state index < -0.39 is 12.2 Å². The fourth-order valence-corrected chi connectivity index (χ4v) is 2.88. The number of amides is 1. The first-order valence-electron chi connectivity index (χ1n) is 8.47. The molecule has 3 rings (SSSR count). The molecule has 3 aromatic carbocycles. The maximum absolute atomic E-state index is 12.9. The Hall–Kier alpha value is -2.92. The number of hydrogen-bond donors (Lipinski definition) is 0. The van der Waals surface area contributed by atoms with Gasteiger partial charge in [0, 0.05) is 10.0 Å². The summed E-state index contributed by atoms with van der Waals surface area (Å²) in [6.07, 6.45) is -1.51. The van der Waals surface area contributed by atoms with Gasteiger partial charge in [-0.05, 0) is 43.3 Å². The Morgan fingerprint density at radius 1 is 0.815 bits per heavy atom. The second-order valence-corrected chi connectivity index (χ2v) is 6.82. The van der Waals surface area contributed by atoms with Crippen LogP contribution in [0.1, 0.15) is 17.3 Å². The largest absolute Gasteiger partial charge is 0.437 e. The molecule has 0 saturated carbocycles. The van der Waals surface area contributed by atoms with Crippen molar-refractivity contribution in [3.05, 3.63) is 95.0 Å². The number of ether oxygens (including phenoxy) is 1. The normalized spacial score (nSPS) is 11.5. The molecule has 1 atom stereocenters. The summed E-state index contributed by atoms with van der Waals surface area (Å²) in [5, 5.41) is 0. The van der Waals surface area contributed by atoms with Crippen LogP contribution < -0.4 is 4.90 Å². The molecule has 27 heavy (non-hydrogen) atoms. The number of benzene rings is 3. The first-order valence-corrected chi connectivity index (χ1v) is 9.26. The molecular weight excluding hydrogens is 406 g/mol. The van der Waals surface area contributed by atoms with Gasteiger partial charge in [-0.1, -0.05) is 64.5 Å². The van der Waals surface area contributed by atoms with Crippen LogP contribution in [0.2, 0.25) is 0 Å². The summed E-state index contributed by atoms with van der Waals surface area (Å²) < 4.78 is 6.37. The van der Waals surface area contributed by atoms with Crippen LogP contribution >= 0.6 is 15.9 Å². The van der Waals surface area contributed by atoms with Crippen LogP contribution in [-0.2, 0) is 4.74 Å². The maximum atomic E-state index is 12.9. The summed E-state index contributed by atoms with van der Waals surface area (Å²) in [5.41, 5.74) is 1.82. The molecule has 1 amide bonds. The Morgan fingerprint density at radius 2 is 1.30 bits per heavy atom. The van der Waals surface area contributed by atoms with Gasteiger partial charge in [0.1, 0.15) is 0 Å². The van der Waals surface area contributed by atoms with Crippen LogP contribution in [0.25, 0.3) is 0 Å². The van der Waals surface area contributed by atoms with E-state index in [-0.39, 0.29) is 5.78 Å². The Balaban J connectivity index is 1.82. The summed E-state index contributed by atoms with van der Waals surface area (Å²) in [7, 11) is 0. The standard InChI is InChI=1S/C22H18BrNO3/c1-16(21(25)17-12-14-18(23)15-13-17)27-22(26)24(19-8-4-2-5-9-19)20-10-6-3-7-11-20/h2-16H,1H3. The summed E-state index contributed by atoms with van der Waals surface area (Å²) in [6.45, 7) is 1.58. The van der Waals surface area contributed by atoms with Gasteiger partial charge in [-0.3, -0.25) is 4.79 Å². The van der Waals surface area contributed by atoms with Gasteiger partial charge in [0.2, 0.25) is 5.78 Å². The van der Waals surface area contributed by atoms with Crippen molar-refractivity contribution >= 4 is 39.2 Å². The average molecular weight is 424 g/mol. The lowest BCUT2D eigenvalue weighted by Crippen LogP contribution is -2.33. The zero-order valence-electron chi connectivity index (χ0n) is 14.7. The predicted octanol–water partition coefficient (Wildman–Crippen LogP) is 6.00. The SMILES string of the molecule is CC(OC(=O)N(c1ccccc1)c1ccccc1)C(=O)c1ccc(Br)cc1. The summed E-state index contributed by atoms with van der Waals surface area (Å²) in [4.78, 5) is 26.9. The number of anilines is 2. The number of nitrogens with zero attached hydrogens (tertiary/aromatic N) is 1. The van der Waals surface area contributed by atoms with Crippen molar-refractivity contribution in [1.82, 2.24) is 0 Å². The highest BCUT2D eigenvalue weighted by molar-refractivity contribution is 9.10. The number of carbonyl (C=O) groups excluding carboxylic acids is 2. The minimum Gasteiger partial charge on any atom is -0.437 e. The number of carbonyl (C=O) groups is 2. The molecule has 0 bridgehead atoms. The van der Waals surface area contributed by atoms with E-state index in [0.717, 1.165) is 4.47 Å². The zero-order chi connectivity index (χ0) is 19.2. The van der Waals surface area contributed by atoms with E-state index in [1.807, 2.05) is 60.7 Å². The van der Waals surface area contributed by atoms with Crippen LogP contribution in [0, 0.1) is 0 Å². The Morgan fingerprint density at radius 3 is 1.78 bits per heavy atom. The van der Waals surface area contributed by atoms with Gasteiger partial charge in [0.15, 0.2) is 6.10 Å². The molecule has 0 spiro atoms. The highest BCUT2D eigenvalue weighted by Gasteiger charge is 2.25. The Kier molecular flexibility index (Phi) is 6.04. The highest BCUT2D eigenvalue weighted by Crippen LogP contribution is 2.26. The lowest BCUT2D eigenvalue weighted by atomic mass is 10.1.